The maximum atomic E-state index is 5.97. The summed E-state index contributed by atoms with van der Waals surface area (Å²) in [6, 6.07) is 5.73. The van der Waals surface area contributed by atoms with Crippen molar-refractivity contribution in [1.29, 1.82) is 0 Å². The van der Waals surface area contributed by atoms with Gasteiger partial charge in [-0.1, -0.05) is 12.8 Å². The van der Waals surface area contributed by atoms with Gasteiger partial charge in [0.25, 0.3) is 0 Å². The lowest BCUT2D eigenvalue weighted by Crippen LogP contribution is -1.98. The van der Waals surface area contributed by atoms with Crippen LogP contribution in [0.2, 0.25) is 0 Å². The average Bonchev–Trinajstić information content (AvgIpc) is 3.07. The van der Waals surface area contributed by atoms with Gasteiger partial charge in [-0.3, -0.25) is 0 Å². The molecular formula is C15H20N4O. The number of hydrogen-bond donors (Lipinski definition) is 1. The smallest absolute Gasteiger partial charge is 0.158 e. The Balaban J connectivity index is 1.95. The minimum absolute atomic E-state index is 0.519. The van der Waals surface area contributed by atoms with Crippen molar-refractivity contribution in [3.8, 4) is 17.1 Å². The van der Waals surface area contributed by atoms with Crippen molar-refractivity contribution in [2.75, 3.05) is 12.8 Å². The van der Waals surface area contributed by atoms with Gasteiger partial charge >= 0.3 is 0 Å². The predicted molar refractivity (Wildman–Crippen MR) is 78.6 cm³/mol. The lowest BCUT2D eigenvalue weighted by atomic mass is 10.1. The van der Waals surface area contributed by atoms with E-state index >= 15 is 0 Å². The molecule has 20 heavy (non-hydrogen) atoms. The van der Waals surface area contributed by atoms with E-state index in [2.05, 4.69) is 5.10 Å². The van der Waals surface area contributed by atoms with Crippen LogP contribution in [0.15, 0.2) is 18.2 Å². The molecular weight excluding hydrogens is 252 g/mol. The molecule has 1 heterocycles. The van der Waals surface area contributed by atoms with E-state index in [0.717, 1.165) is 17.2 Å². The third kappa shape index (κ3) is 2.24. The molecule has 1 aliphatic carbocycles. The molecule has 0 atom stereocenters. The maximum Gasteiger partial charge on any atom is 0.158 e. The molecule has 106 valence electrons. The van der Waals surface area contributed by atoms with Crippen LogP contribution in [0.25, 0.3) is 11.4 Å². The first-order valence-electron chi connectivity index (χ1n) is 7.04. The average molecular weight is 272 g/mol. The maximum absolute atomic E-state index is 5.97. The SMILES string of the molecule is COc1ccc(-c2nc(C3CCCC3)nn2C)cc1N. The molecule has 0 amide bonds. The molecule has 0 bridgehead atoms. The molecule has 5 heteroatoms. The van der Waals surface area contributed by atoms with E-state index in [4.69, 9.17) is 15.5 Å². The fraction of sp³-hybridized carbons (Fsp3) is 0.467. The lowest BCUT2D eigenvalue weighted by Gasteiger charge is -2.06. The van der Waals surface area contributed by atoms with Crippen LogP contribution >= 0.6 is 0 Å². The summed E-state index contributed by atoms with van der Waals surface area (Å²) in [5.74, 6) is 3.04. The first-order valence-corrected chi connectivity index (χ1v) is 7.04. The zero-order valence-corrected chi connectivity index (χ0v) is 12.0. The fourth-order valence-electron chi connectivity index (χ4n) is 2.89. The van der Waals surface area contributed by atoms with Crippen molar-refractivity contribution in [3.63, 3.8) is 0 Å². The van der Waals surface area contributed by atoms with Gasteiger partial charge in [-0.2, -0.15) is 5.10 Å². The van der Waals surface area contributed by atoms with Crippen LogP contribution in [0.4, 0.5) is 5.69 Å². The number of aryl methyl sites for hydroxylation is 1. The van der Waals surface area contributed by atoms with E-state index in [1.165, 1.54) is 25.7 Å². The largest absolute Gasteiger partial charge is 0.495 e. The summed E-state index contributed by atoms with van der Waals surface area (Å²) < 4.78 is 7.03. The number of aromatic nitrogens is 3. The molecule has 0 saturated heterocycles. The first kappa shape index (κ1) is 13.0. The van der Waals surface area contributed by atoms with E-state index in [0.29, 0.717) is 17.4 Å². The summed E-state index contributed by atoms with van der Waals surface area (Å²) in [7, 11) is 3.55. The van der Waals surface area contributed by atoms with Crippen LogP contribution in [0.1, 0.15) is 37.4 Å². The second-order valence-electron chi connectivity index (χ2n) is 5.36. The second kappa shape index (κ2) is 5.15. The fourth-order valence-corrected chi connectivity index (χ4v) is 2.89. The molecule has 2 aromatic rings. The number of ether oxygens (including phenoxy) is 1. The Bertz CT molecular complexity index is 614. The number of nitrogen functional groups attached to an aromatic ring is 1. The molecule has 1 aliphatic rings. The number of hydrogen-bond acceptors (Lipinski definition) is 4. The molecule has 5 nitrogen and oxygen atoms in total. The number of benzene rings is 1. The van der Waals surface area contributed by atoms with Crippen molar-refractivity contribution in [2.24, 2.45) is 7.05 Å². The zero-order chi connectivity index (χ0) is 14.1. The Labute approximate surface area is 118 Å². The zero-order valence-electron chi connectivity index (χ0n) is 12.0. The molecule has 1 fully saturated rings. The number of rotatable bonds is 3. The Morgan fingerprint density at radius 2 is 2.05 bits per heavy atom. The predicted octanol–water partition coefficient (Wildman–Crippen LogP) is 2.73. The summed E-state index contributed by atoms with van der Waals surface area (Å²) >= 11 is 0. The molecule has 0 radical (unpaired) electrons. The molecule has 2 N–H and O–H groups in total. The number of anilines is 1. The molecule has 0 unspecified atom stereocenters. The van der Waals surface area contributed by atoms with Crippen LogP contribution in [-0.4, -0.2) is 21.9 Å². The Hall–Kier alpha value is -2.04. The van der Waals surface area contributed by atoms with Gasteiger partial charge in [0.15, 0.2) is 11.6 Å². The van der Waals surface area contributed by atoms with E-state index in [1.54, 1.807) is 7.11 Å². The Morgan fingerprint density at radius 1 is 1.30 bits per heavy atom. The third-order valence-electron chi connectivity index (χ3n) is 3.99. The summed E-state index contributed by atoms with van der Waals surface area (Å²) in [5.41, 5.74) is 7.56. The number of nitrogens with two attached hydrogens (primary N) is 1. The molecule has 1 saturated carbocycles. The van der Waals surface area contributed by atoms with Crippen LogP contribution in [-0.2, 0) is 7.05 Å². The Kier molecular flexibility index (Phi) is 3.34. The van der Waals surface area contributed by atoms with Crippen molar-refractivity contribution >= 4 is 5.69 Å². The van der Waals surface area contributed by atoms with Crippen LogP contribution in [0.5, 0.6) is 5.75 Å². The van der Waals surface area contributed by atoms with Gasteiger partial charge in [0.2, 0.25) is 0 Å². The van der Waals surface area contributed by atoms with Gasteiger partial charge < -0.3 is 10.5 Å². The second-order valence-corrected chi connectivity index (χ2v) is 5.36. The lowest BCUT2D eigenvalue weighted by molar-refractivity contribution is 0.417. The van der Waals surface area contributed by atoms with E-state index in [9.17, 15) is 0 Å². The summed E-state index contributed by atoms with van der Waals surface area (Å²) in [4.78, 5) is 4.71. The molecule has 0 spiro atoms. The van der Waals surface area contributed by atoms with Crippen molar-refractivity contribution in [1.82, 2.24) is 14.8 Å². The van der Waals surface area contributed by atoms with Gasteiger partial charge in [-0.25, -0.2) is 9.67 Å². The monoisotopic (exact) mass is 272 g/mol. The molecule has 3 rings (SSSR count). The quantitative estimate of drug-likeness (QED) is 0.872. The van der Waals surface area contributed by atoms with Crippen LogP contribution in [0, 0.1) is 0 Å². The van der Waals surface area contributed by atoms with E-state index in [-0.39, 0.29) is 0 Å². The van der Waals surface area contributed by atoms with Crippen molar-refractivity contribution in [3.05, 3.63) is 24.0 Å². The van der Waals surface area contributed by atoms with Crippen molar-refractivity contribution < 1.29 is 4.74 Å². The van der Waals surface area contributed by atoms with E-state index in [1.807, 2.05) is 29.9 Å². The topological polar surface area (TPSA) is 66.0 Å². The van der Waals surface area contributed by atoms with Gasteiger partial charge in [-0.15, -0.1) is 0 Å². The summed E-state index contributed by atoms with van der Waals surface area (Å²) in [5, 5.41) is 4.57. The number of methoxy groups -OCH3 is 1. The minimum atomic E-state index is 0.519. The van der Waals surface area contributed by atoms with Crippen LogP contribution in [0.3, 0.4) is 0 Å². The highest BCUT2D eigenvalue weighted by atomic mass is 16.5. The van der Waals surface area contributed by atoms with Gasteiger partial charge in [0.1, 0.15) is 5.75 Å². The summed E-state index contributed by atoms with van der Waals surface area (Å²) in [6.07, 6.45) is 4.98. The molecule has 0 aliphatic heterocycles. The first-order chi connectivity index (χ1) is 9.69. The summed E-state index contributed by atoms with van der Waals surface area (Å²) in [6.45, 7) is 0. The van der Waals surface area contributed by atoms with Gasteiger partial charge in [0, 0.05) is 18.5 Å². The van der Waals surface area contributed by atoms with Gasteiger partial charge in [-0.05, 0) is 31.0 Å². The normalized spacial score (nSPS) is 15.7. The standard InChI is InChI=1S/C15H20N4O/c1-19-15(11-7-8-13(20-2)12(16)9-11)17-14(18-19)10-5-3-4-6-10/h7-10H,3-6,16H2,1-2H3. The highest BCUT2D eigenvalue weighted by molar-refractivity contribution is 5.66. The highest BCUT2D eigenvalue weighted by Crippen LogP contribution is 2.34. The highest BCUT2D eigenvalue weighted by Gasteiger charge is 2.22. The molecule has 1 aromatic heterocycles. The third-order valence-corrected chi connectivity index (χ3v) is 3.99. The van der Waals surface area contributed by atoms with Crippen molar-refractivity contribution in [2.45, 2.75) is 31.6 Å². The number of nitrogens with zero attached hydrogens (tertiary/aromatic N) is 3. The Morgan fingerprint density at radius 3 is 2.70 bits per heavy atom. The minimum Gasteiger partial charge on any atom is -0.495 e. The van der Waals surface area contributed by atoms with Gasteiger partial charge in [0.05, 0.1) is 12.8 Å². The van der Waals surface area contributed by atoms with Crippen LogP contribution < -0.4 is 10.5 Å². The van der Waals surface area contributed by atoms with E-state index < -0.39 is 0 Å². The molecule has 1 aromatic carbocycles.